The van der Waals surface area contributed by atoms with Gasteiger partial charge in [0.1, 0.15) is 10.8 Å². The van der Waals surface area contributed by atoms with Gasteiger partial charge in [-0.2, -0.15) is 0 Å². The zero-order valence-electron chi connectivity index (χ0n) is 15.2. The Morgan fingerprint density at radius 1 is 1.26 bits per heavy atom. The van der Waals surface area contributed by atoms with Crippen LogP contribution < -0.4 is 15.4 Å². The predicted octanol–water partition coefficient (Wildman–Crippen LogP) is 1.90. The number of aryl methyl sites for hydroxylation is 1. The highest BCUT2D eigenvalue weighted by Crippen LogP contribution is 2.25. The number of carbonyl (C=O) groups excluding carboxylic acids is 2. The molecule has 3 rings (SSSR count). The fraction of sp³-hybridized carbons (Fsp3) is 0.412. The molecule has 0 saturated carbocycles. The number of nitrogens with zero attached hydrogens (tertiary/aromatic N) is 3. The van der Waals surface area contributed by atoms with Gasteiger partial charge in [-0.3, -0.25) is 10.1 Å². The summed E-state index contributed by atoms with van der Waals surface area (Å²) in [5.41, 5.74) is 1.55. The van der Waals surface area contributed by atoms with E-state index < -0.39 is 6.03 Å². The van der Waals surface area contributed by atoms with E-state index in [2.05, 4.69) is 20.8 Å². The molecule has 3 amide bonds. The molecule has 1 aliphatic heterocycles. The third kappa shape index (κ3) is 5.14. The van der Waals surface area contributed by atoms with Crippen LogP contribution in [0, 0.1) is 6.92 Å². The van der Waals surface area contributed by atoms with Gasteiger partial charge in [0.2, 0.25) is 11.0 Å². The lowest BCUT2D eigenvalue weighted by Gasteiger charge is -2.26. The lowest BCUT2D eigenvalue weighted by molar-refractivity contribution is -0.134. The summed E-state index contributed by atoms with van der Waals surface area (Å²) in [6, 6.07) is 5.03. The van der Waals surface area contributed by atoms with Gasteiger partial charge in [-0.05, 0) is 24.6 Å². The minimum atomic E-state index is -0.457. The number of anilines is 2. The topological polar surface area (TPSA) is 106 Å². The molecule has 2 aromatic rings. The van der Waals surface area contributed by atoms with Crippen molar-refractivity contribution < 1.29 is 19.1 Å². The maximum atomic E-state index is 12.2. The molecule has 27 heavy (non-hydrogen) atoms. The second kappa shape index (κ2) is 8.78. The lowest BCUT2D eigenvalue weighted by atomic mass is 10.2. The summed E-state index contributed by atoms with van der Waals surface area (Å²) in [5.74, 6) is 0.541. The van der Waals surface area contributed by atoms with Gasteiger partial charge in [-0.1, -0.05) is 17.4 Å². The van der Waals surface area contributed by atoms with Gasteiger partial charge in [0.15, 0.2) is 0 Å². The van der Waals surface area contributed by atoms with E-state index in [1.54, 1.807) is 11.0 Å². The Morgan fingerprint density at radius 3 is 2.78 bits per heavy atom. The summed E-state index contributed by atoms with van der Waals surface area (Å²) in [7, 11) is 1.54. The van der Waals surface area contributed by atoms with Gasteiger partial charge in [0, 0.05) is 13.1 Å². The van der Waals surface area contributed by atoms with Crippen molar-refractivity contribution in [3.05, 3.63) is 28.8 Å². The summed E-state index contributed by atoms with van der Waals surface area (Å²) in [6.07, 6.45) is 0.159. The van der Waals surface area contributed by atoms with Crippen molar-refractivity contribution in [1.82, 2.24) is 15.1 Å². The van der Waals surface area contributed by atoms with Crippen molar-refractivity contribution in [2.75, 3.05) is 44.0 Å². The monoisotopic (exact) mass is 391 g/mol. The molecule has 0 unspecified atom stereocenters. The Labute approximate surface area is 160 Å². The first kappa shape index (κ1) is 19.1. The van der Waals surface area contributed by atoms with E-state index in [1.165, 1.54) is 18.4 Å². The van der Waals surface area contributed by atoms with Crippen molar-refractivity contribution in [3.8, 4) is 5.75 Å². The van der Waals surface area contributed by atoms with E-state index in [9.17, 15) is 9.59 Å². The Kier molecular flexibility index (Phi) is 6.20. The van der Waals surface area contributed by atoms with Crippen LogP contribution in [0.4, 0.5) is 15.6 Å². The normalized spacial score (nSPS) is 13.9. The number of methoxy groups -OCH3 is 1. The SMILES string of the molecule is COc1ccc(C)cc1NC(=O)Nc1nnc(CC(=O)N2CCOCC2)s1. The van der Waals surface area contributed by atoms with Crippen LogP contribution in [0.1, 0.15) is 10.6 Å². The van der Waals surface area contributed by atoms with Crippen LogP contribution in [0.2, 0.25) is 0 Å². The number of nitrogens with one attached hydrogen (secondary N) is 2. The molecule has 1 aromatic carbocycles. The van der Waals surface area contributed by atoms with E-state index >= 15 is 0 Å². The predicted molar refractivity (Wildman–Crippen MR) is 101 cm³/mol. The lowest BCUT2D eigenvalue weighted by Crippen LogP contribution is -2.41. The molecule has 0 radical (unpaired) electrons. The highest BCUT2D eigenvalue weighted by atomic mass is 32.1. The standard InChI is InChI=1S/C17H21N5O4S/c1-11-3-4-13(25-2)12(9-11)18-16(24)19-17-21-20-14(27-17)10-15(23)22-5-7-26-8-6-22/h3-4,9H,5-8,10H2,1-2H3,(H2,18,19,21,24). The fourth-order valence-electron chi connectivity index (χ4n) is 2.60. The average Bonchev–Trinajstić information content (AvgIpc) is 3.09. The van der Waals surface area contributed by atoms with E-state index in [1.807, 2.05) is 19.1 Å². The van der Waals surface area contributed by atoms with E-state index in [0.29, 0.717) is 47.9 Å². The third-order valence-corrected chi connectivity index (χ3v) is 4.80. The van der Waals surface area contributed by atoms with Crippen LogP contribution in [-0.2, 0) is 16.0 Å². The fourth-order valence-corrected chi connectivity index (χ4v) is 3.33. The number of hydrogen-bond donors (Lipinski definition) is 2. The summed E-state index contributed by atoms with van der Waals surface area (Å²) in [5, 5.41) is 14.1. The highest BCUT2D eigenvalue weighted by Gasteiger charge is 2.19. The van der Waals surface area contributed by atoms with Gasteiger partial charge < -0.3 is 19.7 Å². The van der Waals surface area contributed by atoms with Gasteiger partial charge in [0.05, 0.1) is 32.4 Å². The quantitative estimate of drug-likeness (QED) is 0.806. The molecule has 1 aliphatic rings. The number of hydrogen-bond acceptors (Lipinski definition) is 7. The Bertz CT molecular complexity index is 819. The minimum absolute atomic E-state index is 0.0186. The summed E-state index contributed by atoms with van der Waals surface area (Å²) in [4.78, 5) is 26.2. The van der Waals surface area contributed by atoms with Gasteiger partial charge in [0.25, 0.3) is 0 Å². The summed E-state index contributed by atoms with van der Waals surface area (Å²) < 4.78 is 10.5. The zero-order valence-corrected chi connectivity index (χ0v) is 16.0. The van der Waals surface area contributed by atoms with Crippen LogP contribution in [0.15, 0.2) is 18.2 Å². The zero-order chi connectivity index (χ0) is 19.2. The first-order valence-electron chi connectivity index (χ1n) is 8.45. The van der Waals surface area contributed by atoms with Crippen LogP contribution in [0.3, 0.4) is 0 Å². The maximum Gasteiger partial charge on any atom is 0.325 e. The number of urea groups is 1. The number of ether oxygens (including phenoxy) is 2. The largest absolute Gasteiger partial charge is 0.495 e. The summed E-state index contributed by atoms with van der Waals surface area (Å²) in [6.45, 7) is 4.20. The number of amides is 3. The second-order valence-electron chi connectivity index (χ2n) is 5.95. The Morgan fingerprint density at radius 2 is 2.04 bits per heavy atom. The molecule has 9 nitrogen and oxygen atoms in total. The van der Waals surface area contributed by atoms with Crippen molar-refractivity contribution in [1.29, 1.82) is 0 Å². The summed E-state index contributed by atoms with van der Waals surface area (Å²) >= 11 is 1.17. The van der Waals surface area contributed by atoms with Crippen LogP contribution >= 0.6 is 11.3 Å². The highest BCUT2D eigenvalue weighted by molar-refractivity contribution is 7.15. The first-order valence-corrected chi connectivity index (χ1v) is 9.27. The molecule has 144 valence electrons. The molecule has 10 heteroatoms. The molecule has 0 spiro atoms. The Balaban J connectivity index is 1.56. The van der Waals surface area contributed by atoms with E-state index in [4.69, 9.17) is 9.47 Å². The van der Waals surface area contributed by atoms with Gasteiger partial charge in [-0.15, -0.1) is 10.2 Å². The smallest absolute Gasteiger partial charge is 0.325 e. The minimum Gasteiger partial charge on any atom is -0.495 e. The van der Waals surface area contributed by atoms with Crippen molar-refractivity contribution >= 4 is 34.1 Å². The first-order chi connectivity index (χ1) is 13.0. The molecule has 1 fully saturated rings. The van der Waals surface area contributed by atoms with E-state index in [-0.39, 0.29) is 12.3 Å². The molecule has 2 heterocycles. The number of carbonyl (C=O) groups is 2. The number of rotatable bonds is 5. The molecular weight excluding hydrogens is 370 g/mol. The number of benzene rings is 1. The molecule has 2 N–H and O–H groups in total. The number of aromatic nitrogens is 2. The molecular formula is C17H21N5O4S. The molecule has 0 aliphatic carbocycles. The van der Waals surface area contributed by atoms with Crippen LogP contribution in [0.25, 0.3) is 0 Å². The van der Waals surface area contributed by atoms with Crippen molar-refractivity contribution in [3.63, 3.8) is 0 Å². The molecule has 1 aromatic heterocycles. The average molecular weight is 391 g/mol. The number of morpholine rings is 1. The van der Waals surface area contributed by atoms with E-state index in [0.717, 1.165) is 5.56 Å². The van der Waals surface area contributed by atoms with Crippen LogP contribution in [0.5, 0.6) is 5.75 Å². The molecule has 0 atom stereocenters. The van der Waals surface area contributed by atoms with Gasteiger partial charge in [-0.25, -0.2) is 4.79 Å². The Hall–Kier alpha value is -2.72. The van der Waals surface area contributed by atoms with Gasteiger partial charge >= 0.3 is 6.03 Å². The second-order valence-corrected chi connectivity index (χ2v) is 7.02. The van der Waals surface area contributed by atoms with Crippen molar-refractivity contribution in [2.45, 2.75) is 13.3 Å². The molecule has 0 bridgehead atoms. The van der Waals surface area contributed by atoms with Crippen LogP contribution in [-0.4, -0.2) is 60.4 Å². The molecule has 1 saturated heterocycles. The third-order valence-electron chi connectivity index (χ3n) is 3.96. The maximum absolute atomic E-state index is 12.2. The van der Waals surface area contributed by atoms with Crippen molar-refractivity contribution in [2.24, 2.45) is 0 Å².